The van der Waals surface area contributed by atoms with Crippen LogP contribution < -0.4 is 10.6 Å². The molecule has 1 heterocycles. The van der Waals surface area contributed by atoms with Gasteiger partial charge in [-0.15, -0.1) is 0 Å². The fourth-order valence-electron chi connectivity index (χ4n) is 2.97. The van der Waals surface area contributed by atoms with Gasteiger partial charge in [-0.25, -0.2) is 0 Å². The second kappa shape index (κ2) is 6.58. The zero-order valence-corrected chi connectivity index (χ0v) is 10.3. The van der Waals surface area contributed by atoms with E-state index in [4.69, 9.17) is 0 Å². The molecule has 2 fully saturated rings. The van der Waals surface area contributed by atoms with E-state index in [1.54, 1.807) is 0 Å². The van der Waals surface area contributed by atoms with E-state index in [9.17, 15) is 5.11 Å². The van der Waals surface area contributed by atoms with Crippen LogP contribution in [0.5, 0.6) is 0 Å². The Morgan fingerprint density at radius 3 is 2.38 bits per heavy atom. The van der Waals surface area contributed by atoms with E-state index in [1.807, 2.05) is 0 Å². The summed E-state index contributed by atoms with van der Waals surface area (Å²) < 4.78 is 0. The van der Waals surface area contributed by atoms with Gasteiger partial charge < -0.3 is 15.7 Å². The van der Waals surface area contributed by atoms with Gasteiger partial charge in [0.05, 0.1) is 6.10 Å². The van der Waals surface area contributed by atoms with Crippen LogP contribution in [0.4, 0.5) is 0 Å². The van der Waals surface area contributed by atoms with Gasteiger partial charge in [-0.2, -0.15) is 0 Å². The molecular weight excluding hydrogens is 200 g/mol. The first-order chi connectivity index (χ1) is 7.86. The standard InChI is InChI=1S/C13H26N2O/c16-13-10-15-9-12(13)8-14-7-11-5-3-1-2-4-6-11/h11-16H,1-10H2. The lowest BCUT2D eigenvalue weighted by Gasteiger charge is -2.18. The van der Waals surface area contributed by atoms with Crippen molar-refractivity contribution >= 4 is 0 Å². The highest BCUT2D eigenvalue weighted by Gasteiger charge is 2.24. The van der Waals surface area contributed by atoms with Gasteiger partial charge in [0.2, 0.25) is 0 Å². The summed E-state index contributed by atoms with van der Waals surface area (Å²) in [5.41, 5.74) is 0. The van der Waals surface area contributed by atoms with Crippen LogP contribution in [0.3, 0.4) is 0 Å². The minimum atomic E-state index is -0.137. The molecule has 0 amide bonds. The van der Waals surface area contributed by atoms with Gasteiger partial charge in [-0.1, -0.05) is 25.7 Å². The van der Waals surface area contributed by atoms with Crippen molar-refractivity contribution in [1.82, 2.24) is 10.6 Å². The first kappa shape index (κ1) is 12.3. The smallest absolute Gasteiger partial charge is 0.0716 e. The van der Waals surface area contributed by atoms with Gasteiger partial charge in [0, 0.05) is 25.6 Å². The number of aliphatic hydroxyl groups excluding tert-OH is 1. The van der Waals surface area contributed by atoms with Crippen molar-refractivity contribution in [1.29, 1.82) is 0 Å². The van der Waals surface area contributed by atoms with Crippen molar-refractivity contribution in [2.45, 2.75) is 44.6 Å². The Morgan fingerprint density at radius 1 is 1.00 bits per heavy atom. The van der Waals surface area contributed by atoms with Crippen molar-refractivity contribution in [3.8, 4) is 0 Å². The number of rotatable bonds is 4. The molecule has 0 aromatic carbocycles. The van der Waals surface area contributed by atoms with E-state index in [1.165, 1.54) is 38.5 Å². The summed E-state index contributed by atoms with van der Waals surface area (Å²) in [5, 5.41) is 16.5. The average molecular weight is 226 g/mol. The minimum absolute atomic E-state index is 0.137. The molecular formula is C13H26N2O. The van der Waals surface area contributed by atoms with Crippen molar-refractivity contribution in [2.75, 3.05) is 26.2 Å². The van der Waals surface area contributed by atoms with Crippen LogP contribution in [-0.4, -0.2) is 37.4 Å². The molecule has 0 bridgehead atoms. The number of hydrogen-bond donors (Lipinski definition) is 3. The highest BCUT2D eigenvalue weighted by atomic mass is 16.3. The molecule has 2 aliphatic rings. The number of hydrogen-bond acceptors (Lipinski definition) is 3. The lowest BCUT2D eigenvalue weighted by atomic mass is 10.00. The Kier molecular flexibility index (Phi) is 5.07. The normalized spacial score (nSPS) is 32.8. The quantitative estimate of drug-likeness (QED) is 0.630. The van der Waals surface area contributed by atoms with E-state index in [2.05, 4.69) is 10.6 Å². The second-order valence-corrected chi connectivity index (χ2v) is 5.50. The van der Waals surface area contributed by atoms with Gasteiger partial charge in [0.25, 0.3) is 0 Å². The van der Waals surface area contributed by atoms with Gasteiger partial charge in [0.15, 0.2) is 0 Å². The number of aliphatic hydroxyl groups is 1. The molecule has 0 radical (unpaired) electrons. The predicted molar refractivity (Wildman–Crippen MR) is 66.4 cm³/mol. The molecule has 1 aliphatic carbocycles. The van der Waals surface area contributed by atoms with E-state index >= 15 is 0 Å². The van der Waals surface area contributed by atoms with Crippen molar-refractivity contribution in [3.63, 3.8) is 0 Å². The first-order valence-electron chi connectivity index (χ1n) is 6.96. The highest BCUT2D eigenvalue weighted by Crippen LogP contribution is 2.22. The van der Waals surface area contributed by atoms with Gasteiger partial charge >= 0.3 is 0 Å². The summed E-state index contributed by atoms with van der Waals surface area (Å²) in [6.45, 7) is 3.88. The summed E-state index contributed by atoms with van der Waals surface area (Å²) in [6.07, 6.45) is 8.36. The predicted octanol–water partition coefficient (Wildman–Crippen LogP) is 1.13. The fraction of sp³-hybridized carbons (Fsp3) is 1.00. The first-order valence-corrected chi connectivity index (χ1v) is 6.96. The SMILES string of the molecule is OC1CNCC1CNCC1CCCCCC1. The van der Waals surface area contributed by atoms with Crippen LogP contribution in [0, 0.1) is 11.8 Å². The molecule has 0 aromatic rings. The van der Waals surface area contributed by atoms with E-state index in [0.717, 1.165) is 32.1 Å². The van der Waals surface area contributed by atoms with Crippen LogP contribution in [-0.2, 0) is 0 Å². The van der Waals surface area contributed by atoms with E-state index in [0.29, 0.717) is 5.92 Å². The third-order valence-corrected chi connectivity index (χ3v) is 4.12. The van der Waals surface area contributed by atoms with Crippen molar-refractivity contribution in [2.24, 2.45) is 11.8 Å². The number of nitrogens with one attached hydrogen (secondary N) is 2. The molecule has 3 nitrogen and oxygen atoms in total. The molecule has 2 rings (SSSR count). The molecule has 0 spiro atoms. The van der Waals surface area contributed by atoms with Gasteiger partial charge in [0.1, 0.15) is 0 Å². The average Bonchev–Trinajstić information content (AvgIpc) is 2.55. The molecule has 1 saturated carbocycles. The molecule has 0 aromatic heterocycles. The molecule has 2 unspecified atom stereocenters. The molecule has 1 saturated heterocycles. The monoisotopic (exact) mass is 226 g/mol. The molecule has 3 heteroatoms. The van der Waals surface area contributed by atoms with Crippen molar-refractivity contribution < 1.29 is 5.11 Å². The lowest BCUT2D eigenvalue weighted by molar-refractivity contribution is 0.145. The maximum Gasteiger partial charge on any atom is 0.0716 e. The second-order valence-electron chi connectivity index (χ2n) is 5.50. The minimum Gasteiger partial charge on any atom is -0.391 e. The summed E-state index contributed by atoms with van der Waals surface area (Å²) in [7, 11) is 0. The summed E-state index contributed by atoms with van der Waals surface area (Å²) in [5.74, 6) is 1.31. The largest absolute Gasteiger partial charge is 0.391 e. The third-order valence-electron chi connectivity index (χ3n) is 4.12. The zero-order chi connectivity index (χ0) is 11.2. The number of β-amino-alcohol motifs (C(OH)–C–C–N with tert-alkyl or cyclic N) is 1. The molecule has 16 heavy (non-hydrogen) atoms. The molecule has 94 valence electrons. The Hall–Kier alpha value is -0.120. The van der Waals surface area contributed by atoms with E-state index < -0.39 is 0 Å². The Labute approximate surface area is 99.0 Å². The van der Waals surface area contributed by atoms with Crippen LogP contribution in [0.25, 0.3) is 0 Å². The fourth-order valence-corrected chi connectivity index (χ4v) is 2.97. The van der Waals surface area contributed by atoms with E-state index in [-0.39, 0.29) is 6.10 Å². The zero-order valence-electron chi connectivity index (χ0n) is 10.3. The molecule has 2 atom stereocenters. The van der Waals surface area contributed by atoms with Gasteiger partial charge in [-0.05, 0) is 25.3 Å². The Bertz CT molecular complexity index is 190. The topological polar surface area (TPSA) is 44.3 Å². The van der Waals surface area contributed by atoms with Gasteiger partial charge in [-0.3, -0.25) is 0 Å². The van der Waals surface area contributed by atoms with Crippen LogP contribution >= 0.6 is 0 Å². The van der Waals surface area contributed by atoms with Crippen LogP contribution in [0.1, 0.15) is 38.5 Å². The van der Waals surface area contributed by atoms with Crippen molar-refractivity contribution in [3.05, 3.63) is 0 Å². The Balaban J connectivity index is 1.59. The summed E-state index contributed by atoms with van der Waals surface area (Å²) >= 11 is 0. The maximum atomic E-state index is 9.67. The summed E-state index contributed by atoms with van der Waals surface area (Å²) in [4.78, 5) is 0. The van der Waals surface area contributed by atoms with Crippen LogP contribution in [0.2, 0.25) is 0 Å². The summed E-state index contributed by atoms with van der Waals surface area (Å²) in [6, 6.07) is 0. The highest BCUT2D eigenvalue weighted by molar-refractivity contribution is 4.82. The molecule has 1 aliphatic heterocycles. The van der Waals surface area contributed by atoms with Crippen LogP contribution in [0.15, 0.2) is 0 Å². The maximum absolute atomic E-state index is 9.67. The lowest BCUT2D eigenvalue weighted by Crippen LogP contribution is -2.33. The third kappa shape index (κ3) is 3.72. The molecule has 3 N–H and O–H groups in total. The Morgan fingerprint density at radius 2 is 1.75 bits per heavy atom.